The van der Waals surface area contributed by atoms with Gasteiger partial charge in [-0.1, -0.05) is 0 Å². The lowest BCUT2D eigenvalue weighted by atomic mass is 9.80. The summed E-state index contributed by atoms with van der Waals surface area (Å²) >= 11 is 0. The number of aliphatic hydroxyl groups is 1. The fraction of sp³-hybridized carbons (Fsp3) is 1.00. The summed E-state index contributed by atoms with van der Waals surface area (Å²) in [7, 11) is -4.57. The number of hydrogen-bond acceptors (Lipinski definition) is 4. The van der Waals surface area contributed by atoms with Gasteiger partial charge in [0.15, 0.2) is 0 Å². The number of rotatable bonds is 2. The van der Waals surface area contributed by atoms with Crippen LogP contribution in [-0.4, -0.2) is 37.1 Å². The summed E-state index contributed by atoms with van der Waals surface area (Å²) in [6.45, 7) is 7.14. The molecule has 96 valence electrons. The van der Waals surface area contributed by atoms with E-state index in [1.54, 1.807) is 27.7 Å². The van der Waals surface area contributed by atoms with Crippen LogP contribution in [0.3, 0.4) is 0 Å². The minimum atomic E-state index is -4.57. The maximum absolute atomic E-state index is 10.9. The van der Waals surface area contributed by atoms with Crippen LogP contribution in [0.1, 0.15) is 40.5 Å². The Morgan fingerprint density at radius 2 is 1.56 bits per heavy atom. The normalized spacial score (nSPS) is 26.9. The highest BCUT2D eigenvalue weighted by Gasteiger charge is 2.48. The van der Waals surface area contributed by atoms with Crippen molar-refractivity contribution in [3.05, 3.63) is 0 Å². The Bertz CT molecular complexity index is 293. The molecule has 16 heavy (non-hydrogen) atoms. The van der Waals surface area contributed by atoms with E-state index >= 15 is 0 Å². The first-order valence-electron chi connectivity index (χ1n) is 5.18. The van der Waals surface area contributed by atoms with Crippen LogP contribution in [0.4, 0.5) is 0 Å². The van der Waals surface area contributed by atoms with Gasteiger partial charge in [-0.15, -0.1) is 0 Å². The highest BCUT2D eigenvalue weighted by atomic mass is 31.2. The molecular weight excluding hydrogens is 233 g/mol. The Labute approximate surface area is 95.4 Å². The predicted molar refractivity (Wildman–Crippen MR) is 58.4 cm³/mol. The molecule has 3 N–H and O–H groups in total. The minimum Gasteiger partial charge on any atom is -0.393 e. The lowest BCUT2D eigenvalue weighted by molar-refractivity contribution is -0.243. The van der Waals surface area contributed by atoms with Crippen LogP contribution in [-0.2, 0) is 9.19 Å². The fourth-order valence-corrected chi connectivity index (χ4v) is 3.19. The van der Waals surface area contributed by atoms with Gasteiger partial charge in [0.25, 0.3) is 0 Å². The summed E-state index contributed by atoms with van der Waals surface area (Å²) in [6.07, 6.45) is 0.342. The number of phosphoric acid groups is 1. The minimum absolute atomic E-state index is 0.413. The van der Waals surface area contributed by atoms with Crippen molar-refractivity contribution < 1.29 is 24.1 Å². The monoisotopic (exact) mass is 253 g/mol. The molecule has 0 spiro atoms. The quantitative estimate of drug-likeness (QED) is 0.637. The van der Waals surface area contributed by atoms with E-state index < -0.39 is 25.0 Å². The van der Waals surface area contributed by atoms with Gasteiger partial charge in [0, 0.05) is 11.1 Å². The maximum Gasteiger partial charge on any atom is 0.486 e. The molecule has 0 radical (unpaired) electrons. The Balaban J connectivity index is 2.97. The molecule has 0 atom stereocenters. The average molecular weight is 253 g/mol. The first-order chi connectivity index (χ1) is 6.94. The van der Waals surface area contributed by atoms with Gasteiger partial charge < -0.3 is 14.9 Å². The van der Waals surface area contributed by atoms with Gasteiger partial charge in [0.2, 0.25) is 0 Å². The summed E-state index contributed by atoms with van der Waals surface area (Å²) < 4.78 is 15.7. The van der Waals surface area contributed by atoms with Crippen LogP contribution in [0.25, 0.3) is 0 Å². The molecule has 0 aromatic rings. The summed E-state index contributed by atoms with van der Waals surface area (Å²) in [6, 6.07) is 0. The number of hydroxylamine groups is 2. The molecule has 0 aromatic carbocycles. The molecule has 0 unspecified atom stereocenters. The zero-order valence-corrected chi connectivity index (χ0v) is 10.9. The second kappa shape index (κ2) is 4.05. The van der Waals surface area contributed by atoms with Gasteiger partial charge in [-0.25, -0.2) is 4.57 Å². The molecule has 1 heterocycles. The summed E-state index contributed by atoms with van der Waals surface area (Å²) in [5.74, 6) is 0. The summed E-state index contributed by atoms with van der Waals surface area (Å²) in [5.41, 5.74) is -1.25. The largest absolute Gasteiger partial charge is 0.486 e. The van der Waals surface area contributed by atoms with E-state index in [0.29, 0.717) is 12.8 Å². The van der Waals surface area contributed by atoms with Crippen LogP contribution >= 0.6 is 7.82 Å². The predicted octanol–water partition coefficient (Wildman–Crippen LogP) is 1.02. The van der Waals surface area contributed by atoms with Gasteiger partial charge in [0.05, 0.1) is 6.10 Å². The van der Waals surface area contributed by atoms with E-state index in [0.717, 1.165) is 0 Å². The van der Waals surface area contributed by atoms with Crippen molar-refractivity contribution in [2.45, 2.75) is 57.7 Å². The maximum atomic E-state index is 10.9. The van der Waals surface area contributed by atoms with E-state index in [4.69, 9.17) is 14.4 Å². The Kier molecular flexibility index (Phi) is 3.57. The molecule has 0 amide bonds. The molecule has 1 aliphatic rings. The second-order valence-corrected chi connectivity index (χ2v) is 6.70. The van der Waals surface area contributed by atoms with Crippen molar-refractivity contribution >= 4 is 7.82 Å². The van der Waals surface area contributed by atoms with Gasteiger partial charge in [0.1, 0.15) is 0 Å². The SMILES string of the molecule is CC1(C)CC(O)CC(C)(C)N1OP(=O)(O)O. The topological polar surface area (TPSA) is 90.2 Å². The zero-order valence-electron chi connectivity index (χ0n) is 10.0. The van der Waals surface area contributed by atoms with Crippen molar-refractivity contribution in [2.24, 2.45) is 0 Å². The first-order valence-corrected chi connectivity index (χ1v) is 6.71. The van der Waals surface area contributed by atoms with Gasteiger partial charge in [-0.05, 0) is 40.5 Å². The number of hydrogen-bond donors (Lipinski definition) is 3. The smallest absolute Gasteiger partial charge is 0.393 e. The Morgan fingerprint density at radius 1 is 1.19 bits per heavy atom. The van der Waals surface area contributed by atoms with Crippen LogP contribution in [0.15, 0.2) is 0 Å². The van der Waals surface area contributed by atoms with E-state index in [9.17, 15) is 9.67 Å². The molecule has 0 bridgehead atoms. The molecule has 1 fully saturated rings. The lowest BCUT2D eigenvalue weighted by Gasteiger charge is -2.52. The van der Waals surface area contributed by atoms with E-state index in [-0.39, 0.29) is 0 Å². The third kappa shape index (κ3) is 3.26. The first kappa shape index (κ1) is 14.1. The van der Waals surface area contributed by atoms with Crippen molar-refractivity contribution in [3.63, 3.8) is 0 Å². The molecule has 6 nitrogen and oxygen atoms in total. The number of nitrogens with zero attached hydrogens (tertiary/aromatic N) is 1. The average Bonchev–Trinajstić information content (AvgIpc) is 1.92. The van der Waals surface area contributed by atoms with Crippen molar-refractivity contribution in [1.29, 1.82) is 0 Å². The van der Waals surface area contributed by atoms with E-state index in [1.807, 2.05) is 0 Å². The number of aliphatic hydroxyl groups excluding tert-OH is 1. The molecule has 1 rings (SSSR count). The molecule has 7 heteroatoms. The van der Waals surface area contributed by atoms with Crippen LogP contribution in [0.2, 0.25) is 0 Å². The molecule has 1 saturated heterocycles. The molecule has 0 aromatic heterocycles. The molecule has 1 aliphatic heterocycles. The standard InChI is InChI=1S/C9H20NO5P/c1-8(2)5-7(11)6-9(3,4)10(8)15-16(12,13)14/h7,11H,5-6H2,1-4H3,(H2,12,13,14). The van der Waals surface area contributed by atoms with E-state index in [1.165, 1.54) is 5.06 Å². The molecule has 0 aliphatic carbocycles. The fourth-order valence-electron chi connectivity index (χ4n) is 2.54. The van der Waals surface area contributed by atoms with Crippen molar-refractivity contribution in [2.75, 3.05) is 0 Å². The van der Waals surface area contributed by atoms with Crippen molar-refractivity contribution in [1.82, 2.24) is 5.06 Å². The van der Waals surface area contributed by atoms with Gasteiger partial charge >= 0.3 is 7.82 Å². The second-order valence-electron chi connectivity index (χ2n) is 5.55. The van der Waals surface area contributed by atoms with Gasteiger partial charge in [-0.2, -0.15) is 9.69 Å². The van der Waals surface area contributed by atoms with Crippen LogP contribution < -0.4 is 0 Å². The molecule has 0 saturated carbocycles. The van der Waals surface area contributed by atoms with Crippen LogP contribution in [0, 0.1) is 0 Å². The lowest BCUT2D eigenvalue weighted by Crippen LogP contribution is -2.61. The Hall–Kier alpha value is 0.0300. The van der Waals surface area contributed by atoms with E-state index in [2.05, 4.69) is 0 Å². The third-order valence-corrected chi connectivity index (χ3v) is 3.13. The highest BCUT2D eigenvalue weighted by Crippen LogP contribution is 2.47. The zero-order chi connectivity index (χ0) is 12.8. The van der Waals surface area contributed by atoms with Crippen LogP contribution in [0.5, 0.6) is 0 Å². The molecular formula is C9H20NO5P. The summed E-state index contributed by atoms with van der Waals surface area (Å²) in [4.78, 5) is 17.8. The Morgan fingerprint density at radius 3 is 1.88 bits per heavy atom. The summed E-state index contributed by atoms with van der Waals surface area (Å²) in [5, 5.41) is 11.0. The third-order valence-electron chi connectivity index (χ3n) is 2.76. The van der Waals surface area contributed by atoms with Crippen molar-refractivity contribution in [3.8, 4) is 0 Å². The number of piperidine rings is 1. The highest BCUT2D eigenvalue weighted by molar-refractivity contribution is 7.46. The van der Waals surface area contributed by atoms with Gasteiger partial charge in [-0.3, -0.25) is 0 Å².